The molecule has 2 rings (SSSR count). The van der Waals surface area contributed by atoms with Crippen molar-refractivity contribution >= 4 is 11.6 Å². The molecule has 1 aromatic rings. The minimum Gasteiger partial charge on any atom is -0.488 e. The van der Waals surface area contributed by atoms with Crippen LogP contribution in [0.25, 0.3) is 0 Å². The summed E-state index contributed by atoms with van der Waals surface area (Å²) in [6, 6.07) is 8.23. The molecule has 0 aromatic heterocycles. The first kappa shape index (κ1) is 13.7. The molecule has 0 saturated heterocycles. The predicted octanol–water partition coefficient (Wildman–Crippen LogP) is 3.89. The maximum absolute atomic E-state index is 6.12. The minimum absolute atomic E-state index is 0.161. The number of benzene rings is 1. The maximum Gasteiger partial charge on any atom is 0.138 e. The lowest BCUT2D eigenvalue weighted by atomic mass is 9.64. The van der Waals surface area contributed by atoms with Crippen molar-refractivity contribution in [3.05, 3.63) is 29.3 Å². The van der Waals surface area contributed by atoms with E-state index in [2.05, 4.69) is 26.1 Å². The first-order valence-electron chi connectivity index (χ1n) is 6.70. The zero-order chi connectivity index (χ0) is 13.2. The fourth-order valence-electron chi connectivity index (χ4n) is 2.44. The summed E-state index contributed by atoms with van der Waals surface area (Å²) < 4.78 is 6.03. The molecule has 1 fully saturated rings. The van der Waals surface area contributed by atoms with Crippen molar-refractivity contribution in [1.82, 2.24) is 5.32 Å². The predicted molar refractivity (Wildman–Crippen MR) is 76.3 cm³/mol. The Balaban J connectivity index is 1.95. The molecule has 0 heterocycles. The fourth-order valence-corrected chi connectivity index (χ4v) is 2.62. The zero-order valence-corrected chi connectivity index (χ0v) is 12.1. The van der Waals surface area contributed by atoms with Gasteiger partial charge in [0.2, 0.25) is 0 Å². The van der Waals surface area contributed by atoms with Gasteiger partial charge >= 0.3 is 0 Å². The second-order valence-corrected chi connectivity index (χ2v) is 6.01. The molecule has 2 atom stereocenters. The van der Waals surface area contributed by atoms with Gasteiger partial charge in [0.25, 0.3) is 0 Å². The van der Waals surface area contributed by atoms with E-state index in [1.165, 1.54) is 6.42 Å². The molecule has 0 spiro atoms. The largest absolute Gasteiger partial charge is 0.488 e. The van der Waals surface area contributed by atoms with Gasteiger partial charge in [-0.05, 0) is 25.1 Å². The first-order valence-corrected chi connectivity index (χ1v) is 7.08. The van der Waals surface area contributed by atoms with Crippen LogP contribution in [0.3, 0.4) is 0 Å². The van der Waals surface area contributed by atoms with Gasteiger partial charge in [-0.15, -0.1) is 0 Å². The van der Waals surface area contributed by atoms with Gasteiger partial charge in [-0.25, -0.2) is 0 Å². The van der Waals surface area contributed by atoms with Crippen LogP contribution in [0.2, 0.25) is 5.02 Å². The monoisotopic (exact) mass is 267 g/mol. The quantitative estimate of drug-likeness (QED) is 0.874. The van der Waals surface area contributed by atoms with Crippen LogP contribution in [0, 0.1) is 5.41 Å². The fraction of sp³-hybridized carbons (Fsp3) is 0.600. The Morgan fingerprint density at radius 3 is 2.72 bits per heavy atom. The van der Waals surface area contributed by atoms with Crippen LogP contribution in [0.1, 0.15) is 33.6 Å². The molecular weight excluding hydrogens is 246 g/mol. The standard InChI is InChI=1S/C15H22ClNO/c1-4-9-17-13-10-14(15(13,2)3)18-12-8-6-5-7-11(12)16/h5-8,13-14,17H,4,9-10H2,1-3H3. The van der Waals surface area contributed by atoms with Crippen molar-refractivity contribution in [3.8, 4) is 5.75 Å². The van der Waals surface area contributed by atoms with Crippen molar-refractivity contribution in [3.63, 3.8) is 0 Å². The van der Waals surface area contributed by atoms with Crippen LogP contribution in [0.5, 0.6) is 5.75 Å². The third-order valence-corrected chi connectivity index (χ3v) is 4.24. The van der Waals surface area contributed by atoms with Gasteiger partial charge in [-0.2, -0.15) is 0 Å². The second-order valence-electron chi connectivity index (χ2n) is 5.60. The molecule has 1 saturated carbocycles. The topological polar surface area (TPSA) is 21.3 Å². The average molecular weight is 268 g/mol. The highest BCUT2D eigenvalue weighted by atomic mass is 35.5. The molecule has 0 amide bonds. The molecular formula is C15H22ClNO. The first-order chi connectivity index (χ1) is 8.55. The lowest BCUT2D eigenvalue weighted by Gasteiger charge is -2.51. The molecule has 1 aliphatic rings. The molecule has 0 radical (unpaired) electrons. The maximum atomic E-state index is 6.12. The van der Waals surface area contributed by atoms with E-state index in [1.54, 1.807) is 0 Å². The number of hydrogen-bond donors (Lipinski definition) is 1. The summed E-state index contributed by atoms with van der Waals surface area (Å²) in [5.74, 6) is 0.797. The molecule has 1 N–H and O–H groups in total. The molecule has 3 heteroatoms. The Bertz CT molecular complexity index is 405. The summed E-state index contributed by atoms with van der Waals surface area (Å²) >= 11 is 6.12. The zero-order valence-electron chi connectivity index (χ0n) is 11.4. The summed E-state index contributed by atoms with van der Waals surface area (Å²) in [7, 11) is 0. The van der Waals surface area contributed by atoms with Crippen LogP contribution in [0.4, 0.5) is 0 Å². The van der Waals surface area contributed by atoms with Crippen molar-refractivity contribution in [2.45, 2.75) is 45.8 Å². The highest BCUT2D eigenvalue weighted by molar-refractivity contribution is 6.32. The minimum atomic E-state index is 0.161. The Morgan fingerprint density at radius 1 is 1.39 bits per heavy atom. The van der Waals surface area contributed by atoms with Crippen LogP contribution >= 0.6 is 11.6 Å². The van der Waals surface area contributed by atoms with Crippen LogP contribution in [-0.4, -0.2) is 18.7 Å². The van der Waals surface area contributed by atoms with E-state index in [1.807, 2.05) is 24.3 Å². The SMILES string of the molecule is CCCNC1CC(Oc2ccccc2Cl)C1(C)C. The molecule has 2 nitrogen and oxygen atoms in total. The number of para-hydroxylation sites is 1. The van der Waals surface area contributed by atoms with E-state index in [-0.39, 0.29) is 11.5 Å². The van der Waals surface area contributed by atoms with Crippen molar-refractivity contribution in [2.75, 3.05) is 6.54 Å². The van der Waals surface area contributed by atoms with Crippen molar-refractivity contribution < 1.29 is 4.74 Å². The number of nitrogens with one attached hydrogen (secondary N) is 1. The number of hydrogen-bond acceptors (Lipinski definition) is 2. The van der Waals surface area contributed by atoms with Crippen molar-refractivity contribution in [2.24, 2.45) is 5.41 Å². The highest BCUT2D eigenvalue weighted by Gasteiger charge is 2.49. The van der Waals surface area contributed by atoms with Gasteiger partial charge in [-0.1, -0.05) is 44.5 Å². The van der Waals surface area contributed by atoms with Crippen LogP contribution in [0.15, 0.2) is 24.3 Å². The molecule has 0 bridgehead atoms. The Labute approximate surface area is 115 Å². The van der Waals surface area contributed by atoms with E-state index in [4.69, 9.17) is 16.3 Å². The van der Waals surface area contributed by atoms with E-state index in [0.717, 1.165) is 18.7 Å². The summed E-state index contributed by atoms with van der Waals surface area (Å²) in [5.41, 5.74) is 0.161. The number of halogens is 1. The Hall–Kier alpha value is -0.730. The summed E-state index contributed by atoms with van der Waals surface area (Å²) in [5, 5.41) is 4.27. The van der Waals surface area contributed by atoms with E-state index < -0.39 is 0 Å². The lowest BCUT2D eigenvalue weighted by Crippen LogP contribution is -2.62. The van der Waals surface area contributed by atoms with E-state index in [9.17, 15) is 0 Å². The van der Waals surface area contributed by atoms with Crippen molar-refractivity contribution in [1.29, 1.82) is 0 Å². The summed E-state index contributed by atoms with van der Waals surface area (Å²) in [4.78, 5) is 0. The van der Waals surface area contributed by atoms with Gasteiger partial charge in [-0.3, -0.25) is 0 Å². The third-order valence-electron chi connectivity index (χ3n) is 3.92. The second kappa shape index (κ2) is 5.50. The summed E-state index contributed by atoms with van der Waals surface area (Å²) in [6.07, 6.45) is 2.47. The summed E-state index contributed by atoms with van der Waals surface area (Å²) in [6.45, 7) is 7.78. The molecule has 2 unspecified atom stereocenters. The molecule has 100 valence electrons. The normalized spacial score (nSPS) is 25.6. The third kappa shape index (κ3) is 2.65. The van der Waals surface area contributed by atoms with Gasteiger partial charge in [0, 0.05) is 17.9 Å². The van der Waals surface area contributed by atoms with Crippen LogP contribution in [-0.2, 0) is 0 Å². The average Bonchev–Trinajstić information content (AvgIpc) is 2.35. The van der Waals surface area contributed by atoms with Gasteiger partial charge in [0.15, 0.2) is 0 Å². The Morgan fingerprint density at radius 2 is 2.11 bits per heavy atom. The van der Waals surface area contributed by atoms with Gasteiger partial charge in [0.1, 0.15) is 11.9 Å². The van der Waals surface area contributed by atoms with Gasteiger partial charge < -0.3 is 10.1 Å². The lowest BCUT2D eigenvalue weighted by molar-refractivity contribution is -0.0545. The molecule has 1 aromatic carbocycles. The molecule has 18 heavy (non-hydrogen) atoms. The highest BCUT2D eigenvalue weighted by Crippen LogP contribution is 2.43. The van der Waals surface area contributed by atoms with Gasteiger partial charge in [0.05, 0.1) is 5.02 Å². The van der Waals surface area contributed by atoms with Crippen LogP contribution < -0.4 is 10.1 Å². The molecule has 0 aliphatic heterocycles. The number of rotatable bonds is 5. The van der Waals surface area contributed by atoms with E-state index >= 15 is 0 Å². The molecule has 1 aliphatic carbocycles. The smallest absolute Gasteiger partial charge is 0.138 e. The number of ether oxygens (including phenoxy) is 1. The van der Waals surface area contributed by atoms with E-state index in [0.29, 0.717) is 11.1 Å². The Kier molecular flexibility index (Phi) is 4.18.